The zero-order valence-corrected chi connectivity index (χ0v) is 9.97. The molecule has 4 N–H and O–H groups in total. The van der Waals surface area contributed by atoms with Gasteiger partial charge in [0.1, 0.15) is 6.10 Å². The highest BCUT2D eigenvalue weighted by Crippen LogP contribution is 2.25. The summed E-state index contributed by atoms with van der Waals surface area (Å²) < 4.78 is 0. The third-order valence-electron chi connectivity index (χ3n) is 2.37. The first kappa shape index (κ1) is 13.6. The van der Waals surface area contributed by atoms with Crippen molar-refractivity contribution in [1.29, 1.82) is 0 Å². The van der Waals surface area contributed by atoms with Crippen molar-refractivity contribution in [2.24, 2.45) is 0 Å². The Bertz CT molecular complexity index is 382. The predicted molar refractivity (Wildman–Crippen MR) is 65.6 cm³/mol. The van der Waals surface area contributed by atoms with Crippen molar-refractivity contribution in [3.05, 3.63) is 29.8 Å². The van der Waals surface area contributed by atoms with Crippen LogP contribution in [0.4, 0.5) is 5.69 Å². The van der Waals surface area contributed by atoms with E-state index < -0.39 is 12.2 Å². The van der Waals surface area contributed by atoms with Crippen molar-refractivity contribution in [2.45, 2.75) is 19.1 Å². The van der Waals surface area contributed by atoms with E-state index >= 15 is 0 Å². The summed E-state index contributed by atoms with van der Waals surface area (Å²) in [5.74, 6) is -0.215. The number of carbonyl (C=O) groups excluding carboxylic acids is 1. The third-order valence-corrected chi connectivity index (χ3v) is 2.37. The molecule has 0 aliphatic rings. The lowest BCUT2D eigenvalue weighted by Crippen LogP contribution is -2.30. The number of amides is 1. The molecule has 2 atom stereocenters. The van der Waals surface area contributed by atoms with Gasteiger partial charge in [-0.15, -0.1) is 0 Å². The molecule has 0 bridgehead atoms. The van der Waals surface area contributed by atoms with Crippen molar-refractivity contribution in [3.8, 4) is 0 Å². The van der Waals surface area contributed by atoms with Gasteiger partial charge in [0.25, 0.3) is 0 Å². The van der Waals surface area contributed by atoms with Crippen molar-refractivity contribution in [1.82, 2.24) is 5.32 Å². The van der Waals surface area contributed by atoms with Crippen molar-refractivity contribution in [2.75, 3.05) is 18.9 Å². The number of carbonyl (C=O) groups is 1. The highest BCUT2D eigenvalue weighted by molar-refractivity contribution is 5.89. The molecule has 0 saturated heterocycles. The number of likely N-dealkylation sites (N-methyl/N-ethyl adjacent to an activating group) is 1. The molecule has 94 valence electrons. The van der Waals surface area contributed by atoms with Crippen LogP contribution in [-0.2, 0) is 4.79 Å². The second-order valence-electron chi connectivity index (χ2n) is 3.84. The number of para-hydroxylation sites is 1. The molecular formula is C12H18N2O3. The largest absolute Gasteiger partial charge is 0.389 e. The van der Waals surface area contributed by atoms with E-state index in [1.165, 1.54) is 6.92 Å². The number of anilines is 1. The molecule has 1 rings (SSSR count). The van der Waals surface area contributed by atoms with Gasteiger partial charge in [0.15, 0.2) is 0 Å². The summed E-state index contributed by atoms with van der Waals surface area (Å²) in [4.78, 5) is 11.0. The van der Waals surface area contributed by atoms with Crippen LogP contribution in [0.5, 0.6) is 0 Å². The summed E-state index contributed by atoms with van der Waals surface area (Å²) in [6, 6.07) is 6.86. The van der Waals surface area contributed by atoms with Gasteiger partial charge >= 0.3 is 0 Å². The van der Waals surface area contributed by atoms with Gasteiger partial charge in [0.2, 0.25) is 5.91 Å². The van der Waals surface area contributed by atoms with Crippen LogP contribution in [0.25, 0.3) is 0 Å². The molecule has 0 saturated carbocycles. The van der Waals surface area contributed by atoms with E-state index in [0.717, 1.165) is 0 Å². The Morgan fingerprint density at radius 3 is 2.59 bits per heavy atom. The van der Waals surface area contributed by atoms with Crippen LogP contribution in [0.15, 0.2) is 24.3 Å². The molecule has 0 heterocycles. The summed E-state index contributed by atoms with van der Waals surface area (Å²) in [7, 11) is 1.69. The Morgan fingerprint density at radius 1 is 1.35 bits per heavy atom. The molecule has 1 amide bonds. The monoisotopic (exact) mass is 238 g/mol. The zero-order valence-electron chi connectivity index (χ0n) is 9.97. The van der Waals surface area contributed by atoms with E-state index in [4.69, 9.17) is 0 Å². The minimum atomic E-state index is -1.04. The van der Waals surface area contributed by atoms with Gasteiger partial charge < -0.3 is 20.8 Å². The van der Waals surface area contributed by atoms with Crippen LogP contribution >= 0.6 is 0 Å². The second kappa shape index (κ2) is 6.34. The minimum absolute atomic E-state index is 0.215. The van der Waals surface area contributed by atoms with Crippen molar-refractivity contribution < 1.29 is 15.0 Å². The maximum atomic E-state index is 11.0. The summed E-state index contributed by atoms with van der Waals surface area (Å²) in [5.41, 5.74) is 1.02. The fraction of sp³-hybridized carbons (Fsp3) is 0.417. The van der Waals surface area contributed by atoms with Gasteiger partial charge in [0, 0.05) is 24.7 Å². The molecule has 0 radical (unpaired) electrons. The fourth-order valence-corrected chi connectivity index (χ4v) is 1.59. The molecule has 5 heteroatoms. The molecule has 0 aliphatic carbocycles. The normalized spacial score (nSPS) is 14.1. The molecule has 0 aromatic heterocycles. The Morgan fingerprint density at radius 2 is 2.00 bits per heavy atom. The van der Waals surface area contributed by atoms with Crippen LogP contribution < -0.4 is 10.6 Å². The van der Waals surface area contributed by atoms with E-state index in [1.807, 2.05) is 0 Å². The van der Waals surface area contributed by atoms with E-state index in [2.05, 4.69) is 10.6 Å². The lowest BCUT2D eigenvalue weighted by atomic mass is 10.0. The molecule has 0 fully saturated rings. The van der Waals surface area contributed by atoms with E-state index in [-0.39, 0.29) is 12.5 Å². The summed E-state index contributed by atoms with van der Waals surface area (Å²) in [6.45, 7) is 1.67. The highest BCUT2D eigenvalue weighted by Gasteiger charge is 2.20. The average Bonchev–Trinajstić information content (AvgIpc) is 2.28. The maximum Gasteiger partial charge on any atom is 0.221 e. The van der Waals surface area contributed by atoms with Crippen LogP contribution in [0.1, 0.15) is 18.6 Å². The summed E-state index contributed by atoms with van der Waals surface area (Å²) in [5, 5.41) is 25.1. The van der Waals surface area contributed by atoms with Crippen molar-refractivity contribution >= 4 is 11.6 Å². The molecule has 1 aromatic rings. The predicted octanol–water partition coefficient (Wildman–Crippen LogP) is 0.259. The summed E-state index contributed by atoms with van der Waals surface area (Å²) >= 11 is 0. The lowest BCUT2D eigenvalue weighted by molar-refractivity contribution is -0.114. The Kier molecular flexibility index (Phi) is 5.09. The first-order valence-corrected chi connectivity index (χ1v) is 5.43. The van der Waals surface area contributed by atoms with Gasteiger partial charge in [-0.3, -0.25) is 4.79 Å². The van der Waals surface area contributed by atoms with Crippen LogP contribution in [0.3, 0.4) is 0 Å². The van der Waals surface area contributed by atoms with E-state index in [1.54, 1.807) is 31.3 Å². The first-order chi connectivity index (χ1) is 8.06. The zero-order chi connectivity index (χ0) is 12.8. The lowest BCUT2D eigenvalue weighted by Gasteiger charge is -2.20. The smallest absolute Gasteiger partial charge is 0.221 e. The molecule has 5 nitrogen and oxygen atoms in total. The van der Waals surface area contributed by atoms with Gasteiger partial charge in [-0.1, -0.05) is 18.2 Å². The number of rotatable bonds is 5. The number of aliphatic hydroxyl groups excluding tert-OH is 2. The van der Waals surface area contributed by atoms with E-state index in [0.29, 0.717) is 11.3 Å². The highest BCUT2D eigenvalue weighted by atomic mass is 16.3. The van der Waals surface area contributed by atoms with Crippen LogP contribution in [0.2, 0.25) is 0 Å². The average molecular weight is 238 g/mol. The number of hydrogen-bond donors (Lipinski definition) is 4. The van der Waals surface area contributed by atoms with Gasteiger partial charge in [-0.05, 0) is 13.1 Å². The van der Waals surface area contributed by atoms with E-state index in [9.17, 15) is 15.0 Å². The third kappa shape index (κ3) is 3.81. The molecule has 1 aromatic carbocycles. The molecule has 0 spiro atoms. The Balaban J connectivity index is 2.91. The van der Waals surface area contributed by atoms with Gasteiger partial charge in [0.05, 0.1) is 6.10 Å². The Hall–Kier alpha value is -1.43. The number of benzene rings is 1. The SMILES string of the molecule is CNCC(O)C(O)c1ccccc1NC(C)=O. The number of nitrogens with one attached hydrogen (secondary N) is 2. The molecule has 0 aliphatic heterocycles. The Labute approximate surface area is 100 Å². The fourth-order valence-electron chi connectivity index (χ4n) is 1.59. The standard InChI is InChI=1S/C12H18N2O3/c1-8(15)14-10-6-4-3-5-9(10)12(17)11(16)7-13-2/h3-6,11-13,16-17H,7H2,1-2H3,(H,14,15). The minimum Gasteiger partial charge on any atom is -0.389 e. The molecular weight excluding hydrogens is 220 g/mol. The quantitative estimate of drug-likeness (QED) is 0.593. The van der Waals surface area contributed by atoms with Gasteiger partial charge in [-0.25, -0.2) is 0 Å². The van der Waals surface area contributed by atoms with Gasteiger partial charge in [-0.2, -0.15) is 0 Å². The topological polar surface area (TPSA) is 81.6 Å². The van der Waals surface area contributed by atoms with Crippen LogP contribution in [0, 0.1) is 0 Å². The number of aliphatic hydroxyl groups is 2. The second-order valence-corrected chi connectivity index (χ2v) is 3.84. The van der Waals surface area contributed by atoms with Crippen molar-refractivity contribution in [3.63, 3.8) is 0 Å². The first-order valence-electron chi connectivity index (χ1n) is 5.43. The molecule has 17 heavy (non-hydrogen) atoms. The number of hydrogen-bond acceptors (Lipinski definition) is 4. The maximum absolute atomic E-state index is 11.0. The molecule has 2 unspecified atom stereocenters. The van der Waals surface area contributed by atoms with Crippen LogP contribution in [-0.4, -0.2) is 35.8 Å². The summed E-state index contributed by atoms with van der Waals surface area (Å²) in [6.07, 6.45) is -1.96.